The van der Waals surface area contributed by atoms with E-state index in [0.717, 1.165) is 21.3 Å². The van der Waals surface area contributed by atoms with Gasteiger partial charge in [0.2, 0.25) is 4.77 Å². The predicted molar refractivity (Wildman–Crippen MR) is 101 cm³/mol. The van der Waals surface area contributed by atoms with Gasteiger partial charge in [0, 0.05) is 15.6 Å². The van der Waals surface area contributed by atoms with E-state index in [4.69, 9.17) is 17.0 Å². The lowest BCUT2D eigenvalue weighted by atomic mass is 10.1. The van der Waals surface area contributed by atoms with Gasteiger partial charge in [0.15, 0.2) is 5.82 Å². The number of hydrogen-bond donors (Lipinski definition) is 1. The molecular formula is C17H15BrN4OS. The number of rotatable bonds is 4. The van der Waals surface area contributed by atoms with Crippen molar-refractivity contribution in [1.82, 2.24) is 14.9 Å². The van der Waals surface area contributed by atoms with Crippen molar-refractivity contribution in [1.29, 1.82) is 0 Å². The zero-order valence-corrected chi connectivity index (χ0v) is 15.6. The Labute approximate surface area is 153 Å². The first-order chi connectivity index (χ1) is 11.6. The van der Waals surface area contributed by atoms with Gasteiger partial charge in [-0.25, -0.2) is 5.10 Å². The van der Waals surface area contributed by atoms with E-state index >= 15 is 0 Å². The van der Waals surface area contributed by atoms with Gasteiger partial charge >= 0.3 is 0 Å². The summed E-state index contributed by atoms with van der Waals surface area (Å²) in [6, 6.07) is 13.8. The number of nitrogens with one attached hydrogen (secondary N) is 1. The summed E-state index contributed by atoms with van der Waals surface area (Å²) < 4.78 is 8.33. The predicted octanol–water partition coefficient (Wildman–Crippen LogP) is 4.57. The van der Waals surface area contributed by atoms with Crippen LogP contribution in [0.15, 0.2) is 52.0 Å². The van der Waals surface area contributed by atoms with Crippen molar-refractivity contribution in [3.63, 3.8) is 0 Å². The van der Waals surface area contributed by atoms with E-state index in [2.05, 4.69) is 31.2 Å². The molecule has 122 valence electrons. The number of aromatic amines is 1. The van der Waals surface area contributed by atoms with Crippen molar-refractivity contribution >= 4 is 34.4 Å². The number of nitrogens with zero attached hydrogens (tertiary/aromatic N) is 3. The molecular weight excluding hydrogens is 388 g/mol. The van der Waals surface area contributed by atoms with Crippen LogP contribution in [0.25, 0.3) is 11.4 Å². The monoisotopic (exact) mass is 402 g/mol. The molecule has 24 heavy (non-hydrogen) atoms. The molecule has 2 aromatic carbocycles. The molecule has 0 saturated heterocycles. The number of H-pyrrole nitrogens is 1. The quantitative estimate of drug-likeness (QED) is 0.513. The van der Waals surface area contributed by atoms with Crippen LogP contribution in [-0.2, 0) is 0 Å². The molecule has 1 heterocycles. The summed E-state index contributed by atoms with van der Waals surface area (Å²) in [7, 11) is 1.63. The number of benzene rings is 2. The van der Waals surface area contributed by atoms with Gasteiger partial charge < -0.3 is 4.74 Å². The summed E-state index contributed by atoms with van der Waals surface area (Å²) in [5, 5.41) is 11.5. The highest BCUT2D eigenvalue weighted by Gasteiger charge is 2.08. The number of hydrogen-bond acceptors (Lipinski definition) is 4. The molecule has 7 heteroatoms. The standard InChI is InChI=1S/C17H15BrN4OS/c1-11-3-5-12(6-4-11)16-20-21-17(24)22(16)19-10-13-9-14(18)7-8-15(13)23-2/h3-10H,1-2H3,(H,21,24). The molecule has 0 unspecified atom stereocenters. The van der Waals surface area contributed by atoms with Gasteiger partial charge in [-0.1, -0.05) is 45.8 Å². The van der Waals surface area contributed by atoms with E-state index in [1.165, 1.54) is 5.56 Å². The molecule has 0 atom stereocenters. The Kier molecular flexibility index (Phi) is 4.92. The Morgan fingerprint density at radius 2 is 2.00 bits per heavy atom. The summed E-state index contributed by atoms with van der Waals surface area (Å²) in [4.78, 5) is 0. The van der Waals surface area contributed by atoms with Gasteiger partial charge in [-0.2, -0.15) is 14.9 Å². The molecule has 0 amide bonds. The second-order valence-corrected chi connectivity index (χ2v) is 6.46. The smallest absolute Gasteiger partial charge is 0.216 e. The van der Waals surface area contributed by atoms with Crippen LogP contribution in [0.5, 0.6) is 5.75 Å². The highest BCUT2D eigenvalue weighted by Crippen LogP contribution is 2.22. The average Bonchev–Trinajstić information content (AvgIpc) is 2.94. The zero-order valence-electron chi connectivity index (χ0n) is 13.2. The minimum absolute atomic E-state index is 0.427. The Bertz CT molecular complexity index is 944. The first kappa shape index (κ1) is 16.6. The van der Waals surface area contributed by atoms with Crippen LogP contribution in [0.3, 0.4) is 0 Å². The zero-order chi connectivity index (χ0) is 17.1. The van der Waals surface area contributed by atoms with Gasteiger partial charge in [-0.05, 0) is 37.3 Å². The van der Waals surface area contributed by atoms with Gasteiger partial charge in [0.05, 0.1) is 13.3 Å². The number of halogens is 1. The van der Waals surface area contributed by atoms with Crippen molar-refractivity contribution in [2.45, 2.75) is 6.92 Å². The lowest BCUT2D eigenvalue weighted by Gasteiger charge is -2.05. The minimum atomic E-state index is 0.427. The number of methoxy groups -OCH3 is 1. The minimum Gasteiger partial charge on any atom is -0.496 e. The molecule has 1 N–H and O–H groups in total. The van der Waals surface area contributed by atoms with Crippen LogP contribution in [0, 0.1) is 11.7 Å². The topological polar surface area (TPSA) is 55.2 Å². The average molecular weight is 403 g/mol. The molecule has 0 fully saturated rings. The summed E-state index contributed by atoms with van der Waals surface area (Å²) in [6.07, 6.45) is 1.70. The molecule has 0 aliphatic rings. The summed E-state index contributed by atoms with van der Waals surface area (Å²) in [5.41, 5.74) is 2.96. The van der Waals surface area contributed by atoms with E-state index in [9.17, 15) is 0 Å². The van der Waals surface area contributed by atoms with Gasteiger partial charge in [-0.15, -0.1) is 0 Å². The lowest BCUT2D eigenvalue weighted by Crippen LogP contribution is -1.97. The van der Waals surface area contributed by atoms with Crippen molar-refractivity contribution in [2.75, 3.05) is 7.11 Å². The van der Waals surface area contributed by atoms with Crippen LogP contribution in [0.4, 0.5) is 0 Å². The second kappa shape index (κ2) is 7.11. The highest BCUT2D eigenvalue weighted by atomic mass is 79.9. The van der Waals surface area contributed by atoms with Crippen LogP contribution < -0.4 is 4.74 Å². The Balaban J connectivity index is 2.02. The maximum atomic E-state index is 5.36. The summed E-state index contributed by atoms with van der Waals surface area (Å²) in [5.74, 6) is 1.39. The van der Waals surface area contributed by atoms with Crippen molar-refractivity contribution < 1.29 is 4.74 Å². The van der Waals surface area contributed by atoms with Gasteiger partial charge in [0.1, 0.15) is 5.75 Å². The molecule has 1 aromatic heterocycles. The van der Waals surface area contributed by atoms with E-state index in [0.29, 0.717) is 10.6 Å². The third-order valence-corrected chi connectivity index (χ3v) is 4.22. The molecule has 0 radical (unpaired) electrons. The number of aromatic nitrogens is 3. The van der Waals surface area contributed by atoms with Gasteiger partial charge in [-0.3, -0.25) is 0 Å². The third-order valence-electron chi connectivity index (χ3n) is 3.46. The molecule has 0 spiro atoms. The first-order valence-corrected chi connectivity index (χ1v) is 8.41. The Morgan fingerprint density at radius 3 is 2.71 bits per heavy atom. The highest BCUT2D eigenvalue weighted by molar-refractivity contribution is 9.10. The maximum Gasteiger partial charge on any atom is 0.216 e. The van der Waals surface area contributed by atoms with Crippen LogP contribution in [0.2, 0.25) is 0 Å². The first-order valence-electron chi connectivity index (χ1n) is 7.21. The summed E-state index contributed by atoms with van der Waals surface area (Å²) >= 11 is 8.75. The fourth-order valence-corrected chi connectivity index (χ4v) is 2.77. The van der Waals surface area contributed by atoms with Crippen LogP contribution in [0.1, 0.15) is 11.1 Å². The fraction of sp³-hybridized carbons (Fsp3) is 0.118. The molecule has 3 rings (SSSR count). The Morgan fingerprint density at radius 1 is 1.25 bits per heavy atom. The second-order valence-electron chi connectivity index (χ2n) is 5.16. The largest absolute Gasteiger partial charge is 0.496 e. The third kappa shape index (κ3) is 3.47. The normalized spacial score (nSPS) is 11.1. The molecule has 0 saturated carbocycles. The van der Waals surface area contributed by atoms with E-state index in [1.807, 2.05) is 49.4 Å². The van der Waals surface area contributed by atoms with Crippen molar-refractivity contribution in [3.8, 4) is 17.1 Å². The van der Waals surface area contributed by atoms with E-state index in [-0.39, 0.29) is 0 Å². The molecule has 0 aliphatic carbocycles. The van der Waals surface area contributed by atoms with Crippen LogP contribution in [-0.4, -0.2) is 28.2 Å². The molecule has 5 nitrogen and oxygen atoms in total. The van der Waals surface area contributed by atoms with E-state index < -0.39 is 0 Å². The van der Waals surface area contributed by atoms with Gasteiger partial charge in [0.25, 0.3) is 0 Å². The number of ether oxygens (including phenoxy) is 1. The van der Waals surface area contributed by atoms with Crippen molar-refractivity contribution in [3.05, 3.63) is 62.8 Å². The Hall–Kier alpha value is -2.25. The van der Waals surface area contributed by atoms with Crippen LogP contribution >= 0.6 is 28.1 Å². The lowest BCUT2D eigenvalue weighted by molar-refractivity contribution is 0.414. The van der Waals surface area contributed by atoms with Crippen molar-refractivity contribution in [2.24, 2.45) is 5.10 Å². The van der Waals surface area contributed by atoms with E-state index in [1.54, 1.807) is 18.0 Å². The fourth-order valence-electron chi connectivity index (χ4n) is 2.21. The molecule has 0 bridgehead atoms. The maximum absolute atomic E-state index is 5.36. The molecule has 0 aliphatic heterocycles. The summed E-state index contributed by atoms with van der Waals surface area (Å²) in [6.45, 7) is 2.04. The SMILES string of the molecule is COc1ccc(Br)cc1C=Nn1c(-c2ccc(C)cc2)n[nH]c1=S. The number of aryl methyl sites for hydroxylation is 1. The molecule has 3 aromatic rings.